The number of alkyl halides is 3. The minimum absolute atomic E-state index is 0.276. The van der Waals surface area contributed by atoms with Crippen LogP contribution < -0.4 is 10.5 Å². The van der Waals surface area contributed by atoms with E-state index in [0.29, 0.717) is 30.8 Å². The summed E-state index contributed by atoms with van der Waals surface area (Å²) in [6.45, 7) is 2.47. The van der Waals surface area contributed by atoms with Crippen LogP contribution in [-0.2, 0) is 6.18 Å². The Hall–Kier alpha value is -2.25. The average molecular weight is 394 g/mol. The van der Waals surface area contributed by atoms with Crippen LogP contribution in [0.15, 0.2) is 48.5 Å². The van der Waals surface area contributed by atoms with Gasteiger partial charge >= 0.3 is 6.18 Å². The molecule has 152 valence electrons. The third-order valence-electron chi connectivity index (χ3n) is 5.05. The van der Waals surface area contributed by atoms with Crippen molar-refractivity contribution in [2.24, 2.45) is 0 Å². The first-order chi connectivity index (χ1) is 13.3. The van der Waals surface area contributed by atoms with Gasteiger partial charge in [0.15, 0.2) is 0 Å². The molecule has 2 unspecified atom stereocenters. The molecule has 1 heterocycles. The molecule has 0 spiro atoms. The fraction of sp³-hybridized carbons (Fsp3) is 0.429. The molecule has 3 N–H and O–H groups in total. The normalized spacial score (nSPS) is 20.9. The fourth-order valence-electron chi connectivity index (χ4n) is 3.62. The van der Waals surface area contributed by atoms with Gasteiger partial charge in [-0.05, 0) is 43.1 Å². The molecule has 0 saturated carbocycles. The molecule has 2 aromatic carbocycles. The molecule has 0 amide bonds. The number of β-amino-alcohol motifs (C(OH)–C–C–N with tert-alkyl or cyclic N) is 1. The van der Waals surface area contributed by atoms with Gasteiger partial charge in [-0.25, -0.2) is 0 Å². The summed E-state index contributed by atoms with van der Waals surface area (Å²) in [5, 5.41) is 10.5. The van der Waals surface area contributed by atoms with E-state index >= 15 is 0 Å². The number of nitrogens with two attached hydrogens (primary N) is 1. The van der Waals surface area contributed by atoms with Crippen LogP contribution in [0.3, 0.4) is 0 Å². The van der Waals surface area contributed by atoms with Gasteiger partial charge in [-0.3, -0.25) is 0 Å². The van der Waals surface area contributed by atoms with E-state index in [1.807, 2.05) is 12.1 Å². The number of likely N-dealkylation sites (tertiary alicyclic amines) is 1. The summed E-state index contributed by atoms with van der Waals surface area (Å²) in [5.74, 6) is 0.449. The van der Waals surface area contributed by atoms with E-state index in [9.17, 15) is 18.3 Å². The number of halogens is 3. The molecule has 0 aromatic heterocycles. The van der Waals surface area contributed by atoms with Gasteiger partial charge in [0.2, 0.25) is 0 Å². The number of aliphatic hydroxyl groups is 1. The van der Waals surface area contributed by atoms with Crippen LogP contribution in [0.4, 0.5) is 18.9 Å². The molecule has 0 aliphatic carbocycles. The van der Waals surface area contributed by atoms with Crippen molar-refractivity contribution in [3.63, 3.8) is 0 Å². The predicted octanol–water partition coefficient (Wildman–Crippen LogP) is 3.91. The fourth-order valence-corrected chi connectivity index (χ4v) is 3.62. The van der Waals surface area contributed by atoms with Crippen molar-refractivity contribution in [1.29, 1.82) is 0 Å². The number of piperidine rings is 1. The lowest BCUT2D eigenvalue weighted by atomic mass is 9.86. The Morgan fingerprint density at radius 1 is 1.14 bits per heavy atom. The van der Waals surface area contributed by atoms with Gasteiger partial charge in [0.05, 0.1) is 18.3 Å². The van der Waals surface area contributed by atoms with Crippen LogP contribution in [0, 0.1) is 0 Å². The zero-order valence-electron chi connectivity index (χ0n) is 15.5. The quantitative estimate of drug-likeness (QED) is 0.576. The number of anilines is 1. The van der Waals surface area contributed by atoms with Crippen LogP contribution in [0.5, 0.6) is 5.75 Å². The maximum atomic E-state index is 12.9. The molecular formula is C21H25F3N2O2. The first-order valence-corrected chi connectivity index (χ1v) is 9.39. The van der Waals surface area contributed by atoms with Gasteiger partial charge in [0.25, 0.3) is 0 Å². The number of benzene rings is 2. The SMILES string of the molecule is Nc1cccc(OCCCN2CCC(c3cccc(C(F)(F)F)c3)C(O)C2)c1. The molecule has 0 bridgehead atoms. The van der Waals surface area contributed by atoms with Crippen LogP contribution in [-0.4, -0.2) is 42.4 Å². The highest BCUT2D eigenvalue weighted by atomic mass is 19.4. The lowest BCUT2D eigenvalue weighted by Crippen LogP contribution is -2.43. The van der Waals surface area contributed by atoms with E-state index in [0.717, 1.165) is 37.4 Å². The molecule has 1 saturated heterocycles. The van der Waals surface area contributed by atoms with Gasteiger partial charge in [-0.2, -0.15) is 13.2 Å². The largest absolute Gasteiger partial charge is 0.493 e. The maximum Gasteiger partial charge on any atom is 0.416 e. The molecule has 2 aromatic rings. The molecule has 28 heavy (non-hydrogen) atoms. The van der Waals surface area contributed by atoms with E-state index in [1.165, 1.54) is 6.07 Å². The summed E-state index contributed by atoms with van der Waals surface area (Å²) in [7, 11) is 0. The Bertz CT molecular complexity index is 782. The summed E-state index contributed by atoms with van der Waals surface area (Å²) in [4.78, 5) is 2.12. The second-order valence-corrected chi connectivity index (χ2v) is 7.16. The minimum Gasteiger partial charge on any atom is -0.493 e. The lowest BCUT2D eigenvalue weighted by Gasteiger charge is -2.36. The van der Waals surface area contributed by atoms with Crippen LogP contribution in [0.1, 0.15) is 29.9 Å². The van der Waals surface area contributed by atoms with Crippen molar-refractivity contribution in [2.45, 2.75) is 31.0 Å². The Balaban J connectivity index is 1.47. The highest BCUT2D eigenvalue weighted by Gasteiger charge is 2.33. The van der Waals surface area contributed by atoms with Crippen molar-refractivity contribution >= 4 is 5.69 Å². The number of nitrogen functional groups attached to an aromatic ring is 1. The average Bonchev–Trinajstić information content (AvgIpc) is 2.65. The van der Waals surface area contributed by atoms with E-state index in [2.05, 4.69) is 4.90 Å². The van der Waals surface area contributed by atoms with Crippen molar-refractivity contribution in [2.75, 3.05) is 32.0 Å². The number of nitrogens with zero attached hydrogens (tertiary/aromatic N) is 1. The molecule has 1 fully saturated rings. The third kappa shape index (κ3) is 5.39. The smallest absolute Gasteiger partial charge is 0.416 e. The molecule has 2 atom stereocenters. The maximum absolute atomic E-state index is 12.9. The van der Waals surface area contributed by atoms with Gasteiger partial charge in [-0.1, -0.05) is 24.3 Å². The third-order valence-corrected chi connectivity index (χ3v) is 5.05. The van der Waals surface area contributed by atoms with Crippen LogP contribution in [0.2, 0.25) is 0 Å². The molecule has 1 aliphatic heterocycles. The highest BCUT2D eigenvalue weighted by molar-refractivity contribution is 5.43. The second-order valence-electron chi connectivity index (χ2n) is 7.16. The second kappa shape index (κ2) is 8.84. The van der Waals surface area contributed by atoms with E-state index in [4.69, 9.17) is 10.5 Å². The molecule has 1 aliphatic rings. The van der Waals surface area contributed by atoms with Gasteiger partial charge in [-0.15, -0.1) is 0 Å². The Kier molecular flexibility index (Phi) is 6.46. The summed E-state index contributed by atoms with van der Waals surface area (Å²) in [6.07, 6.45) is -3.65. The Morgan fingerprint density at radius 3 is 2.64 bits per heavy atom. The topological polar surface area (TPSA) is 58.7 Å². The van der Waals surface area contributed by atoms with E-state index in [1.54, 1.807) is 18.2 Å². The number of hydrogen-bond acceptors (Lipinski definition) is 4. The summed E-state index contributed by atoms with van der Waals surface area (Å²) >= 11 is 0. The number of rotatable bonds is 6. The van der Waals surface area contributed by atoms with Crippen molar-refractivity contribution < 1.29 is 23.0 Å². The van der Waals surface area contributed by atoms with Gasteiger partial charge in [0, 0.05) is 30.8 Å². The predicted molar refractivity (Wildman–Crippen MR) is 102 cm³/mol. The zero-order chi connectivity index (χ0) is 20.1. The first kappa shape index (κ1) is 20.5. The molecule has 3 rings (SSSR count). The van der Waals surface area contributed by atoms with Crippen LogP contribution in [0.25, 0.3) is 0 Å². The highest BCUT2D eigenvalue weighted by Crippen LogP contribution is 2.34. The number of hydrogen-bond donors (Lipinski definition) is 2. The monoisotopic (exact) mass is 394 g/mol. The molecule has 0 radical (unpaired) electrons. The standard InChI is InChI=1S/C21H25F3N2O2/c22-21(23,24)16-5-1-4-15(12-16)19-8-10-26(14-20(19)27)9-3-11-28-18-7-2-6-17(25)13-18/h1-2,4-7,12-13,19-20,27H,3,8-11,14,25H2. The zero-order valence-corrected chi connectivity index (χ0v) is 15.5. The van der Waals surface area contributed by atoms with Crippen molar-refractivity contribution in [3.8, 4) is 5.75 Å². The number of ether oxygens (including phenoxy) is 1. The summed E-state index contributed by atoms with van der Waals surface area (Å²) < 4.78 is 44.4. The Morgan fingerprint density at radius 2 is 1.93 bits per heavy atom. The van der Waals surface area contributed by atoms with E-state index in [-0.39, 0.29) is 5.92 Å². The van der Waals surface area contributed by atoms with Crippen LogP contribution >= 0.6 is 0 Å². The number of aliphatic hydroxyl groups excluding tert-OH is 1. The van der Waals surface area contributed by atoms with E-state index < -0.39 is 17.8 Å². The Labute approximate surface area is 162 Å². The van der Waals surface area contributed by atoms with Gasteiger partial charge in [0.1, 0.15) is 5.75 Å². The van der Waals surface area contributed by atoms with Crippen molar-refractivity contribution in [1.82, 2.24) is 4.90 Å². The molecule has 7 heteroatoms. The molecule has 4 nitrogen and oxygen atoms in total. The minimum atomic E-state index is -4.37. The molecular weight excluding hydrogens is 369 g/mol. The summed E-state index contributed by atoms with van der Waals surface area (Å²) in [5.41, 5.74) is 6.24. The first-order valence-electron chi connectivity index (χ1n) is 9.39. The van der Waals surface area contributed by atoms with Crippen molar-refractivity contribution in [3.05, 3.63) is 59.7 Å². The van der Waals surface area contributed by atoms with Gasteiger partial charge < -0.3 is 20.5 Å². The summed E-state index contributed by atoms with van der Waals surface area (Å²) in [6, 6.07) is 12.5. The lowest BCUT2D eigenvalue weighted by molar-refractivity contribution is -0.137.